The van der Waals surface area contributed by atoms with Gasteiger partial charge in [-0.1, -0.05) is 0 Å². The third kappa shape index (κ3) is 3.10. The highest BCUT2D eigenvalue weighted by atomic mass is 16.1. The zero-order valence-electron chi connectivity index (χ0n) is 14.1. The van der Waals surface area contributed by atoms with E-state index in [1.807, 2.05) is 0 Å². The molecule has 27 heavy (non-hydrogen) atoms. The van der Waals surface area contributed by atoms with Crippen LogP contribution < -0.4 is 27.9 Å². The second-order valence-corrected chi connectivity index (χ2v) is 5.87. The number of hydrogen-bond acceptors (Lipinski definition) is 9. The number of aromatic nitrogens is 8. The first-order valence-corrected chi connectivity index (χ1v) is 8.15. The van der Waals surface area contributed by atoms with Crippen molar-refractivity contribution in [1.82, 2.24) is 44.4 Å². The highest BCUT2D eigenvalue weighted by Crippen LogP contribution is 2.06. The number of nitrogen functional groups attached to an aromatic ring is 2. The number of nitrogens with two attached hydrogens (primary N) is 2. The van der Waals surface area contributed by atoms with E-state index in [1.165, 1.54) is 0 Å². The van der Waals surface area contributed by atoms with Crippen molar-refractivity contribution in [1.29, 1.82) is 0 Å². The summed E-state index contributed by atoms with van der Waals surface area (Å²) < 4.78 is 3.41. The van der Waals surface area contributed by atoms with Gasteiger partial charge in [0, 0.05) is 26.2 Å². The van der Waals surface area contributed by atoms with Gasteiger partial charge in [-0.3, -0.25) is 19.6 Å². The summed E-state index contributed by atoms with van der Waals surface area (Å²) in [6, 6.07) is 0. The van der Waals surface area contributed by atoms with E-state index in [4.69, 9.17) is 11.5 Å². The zero-order chi connectivity index (χ0) is 19.0. The van der Waals surface area contributed by atoms with Crippen molar-refractivity contribution in [3.05, 3.63) is 33.4 Å². The lowest BCUT2D eigenvalue weighted by atomic mass is 10.4. The molecule has 0 amide bonds. The lowest BCUT2D eigenvalue weighted by molar-refractivity contribution is 0.567. The number of nitrogens with zero attached hydrogens (tertiary/aromatic N) is 6. The van der Waals surface area contributed by atoms with E-state index < -0.39 is 0 Å². The van der Waals surface area contributed by atoms with Crippen LogP contribution in [-0.2, 0) is 13.1 Å². The minimum absolute atomic E-state index is 0.0367. The second kappa shape index (κ2) is 6.53. The Balaban J connectivity index is 1.38. The van der Waals surface area contributed by atoms with Gasteiger partial charge in [0.1, 0.15) is 0 Å². The van der Waals surface area contributed by atoms with Gasteiger partial charge in [-0.05, 0) is 0 Å². The van der Waals surface area contributed by atoms with E-state index in [2.05, 4.69) is 35.2 Å². The van der Waals surface area contributed by atoms with Gasteiger partial charge in [-0.25, -0.2) is 9.97 Å². The van der Waals surface area contributed by atoms with Crippen molar-refractivity contribution in [3.63, 3.8) is 0 Å². The third-order valence-corrected chi connectivity index (χ3v) is 4.06. The molecule has 0 unspecified atom stereocenters. The van der Waals surface area contributed by atoms with Crippen molar-refractivity contribution < 1.29 is 0 Å². The van der Waals surface area contributed by atoms with Crippen LogP contribution in [0.4, 0.5) is 11.9 Å². The van der Waals surface area contributed by atoms with Crippen LogP contribution in [0, 0.1) is 0 Å². The number of imidazole rings is 2. The highest BCUT2D eigenvalue weighted by molar-refractivity contribution is 5.71. The van der Waals surface area contributed by atoms with E-state index in [0.29, 0.717) is 48.5 Å². The quantitative estimate of drug-likeness (QED) is 0.239. The maximum absolute atomic E-state index is 12.0. The Bertz CT molecular complexity index is 1140. The van der Waals surface area contributed by atoms with Crippen molar-refractivity contribution in [3.8, 4) is 0 Å². The van der Waals surface area contributed by atoms with Crippen LogP contribution >= 0.6 is 0 Å². The summed E-state index contributed by atoms with van der Waals surface area (Å²) in [5, 5.41) is 3.24. The number of H-pyrrole nitrogens is 2. The topological polar surface area (TPSA) is 191 Å². The fourth-order valence-corrected chi connectivity index (χ4v) is 2.87. The Labute approximate surface area is 150 Å². The standard InChI is InChI=1S/C14H17N11O2/c15-13-20-9-7(11(26)22-13)24(5-18-9)3-1-17-2-4-25-6-19-10-8(25)12(27)23-14(16)21-10/h5-6,17H,1-4H2,(H3,15,20,22,26)(H3,16,21,23,27). The fourth-order valence-electron chi connectivity index (χ4n) is 2.87. The van der Waals surface area contributed by atoms with Gasteiger partial charge in [0.2, 0.25) is 11.9 Å². The van der Waals surface area contributed by atoms with Crippen molar-refractivity contribution in [2.45, 2.75) is 13.1 Å². The minimum atomic E-state index is -0.328. The molecule has 0 spiro atoms. The fraction of sp³-hybridized carbons (Fsp3) is 0.286. The smallest absolute Gasteiger partial charge is 0.278 e. The number of aromatic amines is 2. The molecule has 0 radical (unpaired) electrons. The molecule has 13 nitrogen and oxygen atoms in total. The molecule has 0 aliphatic heterocycles. The Hall–Kier alpha value is -3.74. The van der Waals surface area contributed by atoms with Gasteiger partial charge in [0.05, 0.1) is 12.7 Å². The normalized spacial score (nSPS) is 11.6. The summed E-state index contributed by atoms with van der Waals surface area (Å²) in [7, 11) is 0. The average molecular weight is 371 g/mol. The minimum Gasteiger partial charge on any atom is -0.369 e. The first-order chi connectivity index (χ1) is 13.0. The molecule has 7 N–H and O–H groups in total. The first-order valence-electron chi connectivity index (χ1n) is 8.15. The summed E-state index contributed by atoms with van der Waals surface area (Å²) in [4.78, 5) is 45.1. The molecule has 4 rings (SSSR count). The van der Waals surface area contributed by atoms with Crippen LogP contribution in [0.25, 0.3) is 22.3 Å². The van der Waals surface area contributed by atoms with Crippen LogP contribution in [0.5, 0.6) is 0 Å². The Morgan fingerprint density at radius 3 is 1.74 bits per heavy atom. The Morgan fingerprint density at radius 1 is 0.852 bits per heavy atom. The largest absolute Gasteiger partial charge is 0.369 e. The molecular weight excluding hydrogens is 354 g/mol. The van der Waals surface area contributed by atoms with E-state index in [1.54, 1.807) is 21.8 Å². The van der Waals surface area contributed by atoms with Crippen LogP contribution in [0.15, 0.2) is 22.2 Å². The zero-order valence-corrected chi connectivity index (χ0v) is 14.1. The van der Waals surface area contributed by atoms with Gasteiger partial charge >= 0.3 is 0 Å². The summed E-state index contributed by atoms with van der Waals surface area (Å²) in [6.45, 7) is 2.22. The summed E-state index contributed by atoms with van der Waals surface area (Å²) in [6.07, 6.45) is 3.10. The molecule has 140 valence electrons. The maximum Gasteiger partial charge on any atom is 0.278 e. The number of hydrogen-bond donors (Lipinski definition) is 5. The maximum atomic E-state index is 12.0. The molecule has 0 saturated carbocycles. The summed E-state index contributed by atoms with van der Waals surface area (Å²) in [5.41, 5.74) is 11.7. The third-order valence-electron chi connectivity index (χ3n) is 4.06. The molecule has 0 aliphatic rings. The number of nitrogens with one attached hydrogen (secondary N) is 3. The SMILES string of the molecule is Nc1nc2ncn(CCNCCn3cnc4nc(N)[nH]c(=O)c43)c2c(=O)[nH]1. The number of anilines is 2. The molecule has 0 saturated heterocycles. The van der Waals surface area contributed by atoms with Crippen LogP contribution in [0.3, 0.4) is 0 Å². The lowest BCUT2D eigenvalue weighted by Gasteiger charge is -2.07. The van der Waals surface area contributed by atoms with Crippen LogP contribution in [0.1, 0.15) is 0 Å². The predicted molar refractivity (Wildman–Crippen MR) is 98.0 cm³/mol. The van der Waals surface area contributed by atoms with Crippen molar-refractivity contribution in [2.75, 3.05) is 24.6 Å². The molecule has 0 fully saturated rings. The Morgan fingerprint density at radius 2 is 1.30 bits per heavy atom. The van der Waals surface area contributed by atoms with Crippen molar-refractivity contribution >= 4 is 34.2 Å². The van der Waals surface area contributed by atoms with Gasteiger partial charge in [0.25, 0.3) is 11.1 Å². The van der Waals surface area contributed by atoms with Crippen LogP contribution in [-0.4, -0.2) is 52.1 Å². The molecular formula is C14H17N11O2. The summed E-state index contributed by atoms with van der Waals surface area (Å²) >= 11 is 0. The molecule has 13 heteroatoms. The molecule has 4 aromatic rings. The van der Waals surface area contributed by atoms with Gasteiger partial charge in [-0.2, -0.15) is 9.97 Å². The predicted octanol–water partition coefficient (Wildman–Crippen LogP) is -1.99. The molecule has 0 bridgehead atoms. The van der Waals surface area contributed by atoms with Gasteiger partial charge in [0.15, 0.2) is 22.3 Å². The van der Waals surface area contributed by atoms with Gasteiger partial charge in [-0.15, -0.1) is 0 Å². The van der Waals surface area contributed by atoms with E-state index in [0.717, 1.165) is 0 Å². The van der Waals surface area contributed by atoms with E-state index in [9.17, 15) is 9.59 Å². The van der Waals surface area contributed by atoms with E-state index >= 15 is 0 Å². The van der Waals surface area contributed by atoms with E-state index in [-0.39, 0.29) is 23.0 Å². The molecule has 0 atom stereocenters. The average Bonchev–Trinajstić information content (AvgIpc) is 3.19. The molecule has 0 aliphatic carbocycles. The Kier molecular flexibility index (Phi) is 4.04. The lowest BCUT2D eigenvalue weighted by Crippen LogP contribution is -2.25. The second-order valence-electron chi connectivity index (χ2n) is 5.87. The van der Waals surface area contributed by atoms with Crippen LogP contribution in [0.2, 0.25) is 0 Å². The highest BCUT2D eigenvalue weighted by Gasteiger charge is 2.10. The van der Waals surface area contributed by atoms with Crippen molar-refractivity contribution in [2.24, 2.45) is 0 Å². The molecule has 4 heterocycles. The monoisotopic (exact) mass is 371 g/mol. The summed E-state index contributed by atoms with van der Waals surface area (Å²) in [5.74, 6) is 0.0735. The first kappa shape index (κ1) is 16.7. The number of rotatable bonds is 6. The molecule has 4 aromatic heterocycles. The molecule has 0 aromatic carbocycles. The number of fused-ring (bicyclic) bond motifs is 2. The van der Waals surface area contributed by atoms with Gasteiger partial charge < -0.3 is 25.9 Å².